The first-order valence-corrected chi connectivity index (χ1v) is 16.6. The molecule has 9 nitrogen and oxygen atoms in total. The minimum atomic E-state index is -0.869. The SMILES string of the molecule is CN1CC(C)(C)CCCC(C)(c2cccc(CCC(=O)O)c2)c2nnc([nH]2)-c2cc(ccc2F)Oc2c(F)cc3[nH]ccc3c2CCC1=O. The topological polar surface area (TPSA) is 124 Å². The fourth-order valence-corrected chi connectivity index (χ4v) is 6.95. The van der Waals surface area contributed by atoms with Crippen LogP contribution in [-0.4, -0.2) is 55.6 Å². The fourth-order valence-electron chi connectivity index (χ4n) is 6.95. The van der Waals surface area contributed by atoms with E-state index in [2.05, 4.69) is 40.9 Å². The zero-order valence-electron chi connectivity index (χ0n) is 28.2. The molecule has 1 aliphatic rings. The largest absolute Gasteiger partial charge is 0.481 e. The molecule has 0 radical (unpaired) electrons. The Balaban J connectivity index is 1.45. The minimum absolute atomic E-state index is 0.00911. The highest BCUT2D eigenvalue weighted by molar-refractivity contribution is 5.86. The van der Waals surface area contributed by atoms with E-state index in [0.29, 0.717) is 36.3 Å². The lowest BCUT2D eigenvalue weighted by molar-refractivity contribution is -0.137. The monoisotopic (exact) mass is 669 g/mol. The second-order valence-electron chi connectivity index (χ2n) is 14.1. The van der Waals surface area contributed by atoms with Gasteiger partial charge in [0.2, 0.25) is 5.91 Å². The van der Waals surface area contributed by atoms with E-state index in [9.17, 15) is 14.7 Å². The molecule has 1 unspecified atom stereocenters. The Kier molecular flexibility index (Phi) is 9.28. The van der Waals surface area contributed by atoms with Crippen molar-refractivity contribution in [3.8, 4) is 22.9 Å². The quantitative estimate of drug-likeness (QED) is 0.179. The summed E-state index contributed by atoms with van der Waals surface area (Å²) in [6.07, 6.45) is 4.72. The summed E-state index contributed by atoms with van der Waals surface area (Å²) in [7, 11) is 1.80. The van der Waals surface area contributed by atoms with Gasteiger partial charge < -0.3 is 24.7 Å². The number of benzene rings is 3. The van der Waals surface area contributed by atoms with Crippen molar-refractivity contribution < 1.29 is 28.2 Å². The van der Waals surface area contributed by atoms with Gasteiger partial charge in [-0.15, -0.1) is 10.2 Å². The van der Waals surface area contributed by atoms with Crippen molar-refractivity contribution in [2.24, 2.45) is 5.41 Å². The van der Waals surface area contributed by atoms with Crippen LogP contribution in [-0.2, 0) is 27.8 Å². The molecular weight excluding hydrogens is 628 g/mol. The van der Waals surface area contributed by atoms with Gasteiger partial charge in [0.15, 0.2) is 17.4 Å². The molecule has 4 bridgehead atoms. The Morgan fingerprint density at radius 1 is 1.02 bits per heavy atom. The standard InChI is InChI=1S/C38H41F2N5O4/c1-37(2)16-6-17-38(3,24-8-5-7-23(19-24)9-14-33(47)48)36-42-35(43-44-36)28-20-25(10-12-29(28)39)49-34-27(11-13-32(46)45(4)22-37)26-15-18-41-31(26)21-30(34)40/h5,7-8,10,12,15,18-21,41H,6,9,11,13-14,16-17,22H2,1-4H3,(H,47,48)(H,42,43,44). The molecule has 1 aliphatic heterocycles. The summed E-state index contributed by atoms with van der Waals surface area (Å²) in [5.41, 5.74) is 2.13. The Hall–Kier alpha value is -5.06. The summed E-state index contributed by atoms with van der Waals surface area (Å²) in [4.78, 5) is 32.8. The van der Waals surface area contributed by atoms with Crippen molar-refractivity contribution >= 4 is 22.8 Å². The smallest absolute Gasteiger partial charge is 0.303 e. The number of H-pyrrole nitrogens is 2. The number of rotatable bonds is 4. The van der Waals surface area contributed by atoms with Gasteiger partial charge in [-0.1, -0.05) is 44.5 Å². The van der Waals surface area contributed by atoms with Gasteiger partial charge >= 0.3 is 5.97 Å². The number of fused-ring (bicyclic) bond motifs is 8. The first kappa shape index (κ1) is 33.8. The van der Waals surface area contributed by atoms with Crippen molar-refractivity contribution in [2.45, 2.75) is 71.1 Å². The molecular formula is C38H41F2N5O4. The summed E-state index contributed by atoms with van der Waals surface area (Å²) < 4.78 is 37.2. The minimum Gasteiger partial charge on any atom is -0.481 e. The van der Waals surface area contributed by atoms with Crippen LogP contribution in [0.3, 0.4) is 0 Å². The van der Waals surface area contributed by atoms with Gasteiger partial charge in [0.25, 0.3) is 0 Å². The number of nitrogens with zero attached hydrogens (tertiary/aromatic N) is 3. The second kappa shape index (κ2) is 13.4. The third-order valence-corrected chi connectivity index (χ3v) is 9.69. The van der Waals surface area contributed by atoms with Crippen molar-refractivity contribution in [2.75, 3.05) is 13.6 Å². The molecule has 0 saturated heterocycles. The van der Waals surface area contributed by atoms with E-state index in [0.717, 1.165) is 29.4 Å². The molecule has 3 aromatic carbocycles. The maximum absolute atomic E-state index is 15.6. The summed E-state index contributed by atoms with van der Waals surface area (Å²) in [6, 6.07) is 15.1. The summed E-state index contributed by atoms with van der Waals surface area (Å²) in [5, 5.41) is 18.9. The maximum Gasteiger partial charge on any atom is 0.303 e. The Morgan fingerprint density at radius 3 is 2.63 bits per heavy atom. The predicted molar refractivity (Wildman–Crippen MR) is 183 cm³/mol. The lowest BCUT2D eigenvalue weighted by atomic mass is 9.75. The Bertz CT molecular complexity index is 2020. The number of aliphatic carboxylic acids is 1. The van der Waals surface area contributed by atoms with E-state index in [4.69, 9.17) is 4.74 Å². The predicted octanol–water partition coefficient (Wildman–Crippen LogP) is 7.95. The van der Waals surface area contributed by atoms with Crippen LogP contribution in [0.4, 0.5) is 8.78 Å². The summed E-state index contributed by atoms with van der Waals surface area (Å²) in [5.74, 6) is -1.20. The number of aryl methyl sites for hydroxylation is 2. The molecule has 6 rings (SSSR count). The average molecular weight is 670 g/mol. The number of carbonyl (C=O) groups is 2. The van der Waals surface area contributed by atoms with Crippen LogP contribution in [0.2, 0.25) is 0 Å². The number of nitrogens with one attached hydrogen (secondary N) is 2. The molecule has 0 spiro atoms. The van der Waals surface area contributed by atoms with Gasteiger partial charge in [0.1, 0.15) is 17.4 Å². The zero-order valence-corrected chi connectivity index (χ0v) is 28.2. The highest BCUT2D eigenvalue weighted by Crippen LogP contribution is 2.40. The van der Waals surface area contributed by atoms with E-state index in [-0.39, 0.29) is 53.5 Å². The van der Waals surface area contributed by atoms with E-state index < -0.39 is 23.0 Å². The van der Waals surface area contributed by atoms with Crippen molar-refractivity contribution in [1.29, 1.82) is 0 Å². The maximum atomic E-state index is 15.6. The number of aromatic amines is 2. The Morgan fingerprint density at radius 2 is 1.84 bits per heavy atom. The van der Waals surface area contributed by atoms with Crippen LogP contribution in [0, 0.1) is 17.0 Å². The van der Waals surface area contributed by atoms with Crippen molar-refractivity contribution in [1.82, 2.24) is 25.1 Å². The van der Waals surface area contributed by atoms with E-state index >= 15 is 8.78 Å². The van der Waals surface area contributed by atoms with Gasteiger partial charge in [-0.2, -0.15) is 0 Å². The number of aromatic nitrogens is 4. The molecule has 5 aromatic rings. The van der Waals surface area contributed by atoms with Crippen LogP contribution in [0.15, 0.2) is 60.8 Å². The number of amides is 1. The molecule has 1 amide bonds. The van der Waals surface area contributed by atoms with Gasteiger partial charge in [-0.3, -0.25) is 9.59 Å². The number of carbonyl (C=O) groups excluding carboxylic acids is 1. The van der Waals surface area contributed by atoms with E-state index in [1.165, 1.54) is 24.3 Å². The number of halogens is 2. The van der Waals surface area contributed by atoms with Gasteiger partial charge in [0, 0.05) is 55.2 Å². The molecule has 0 saturated carbocycles. The molecule has 0 aliphatic carbocycles. The van der Waals surface area contributed by atoms with Crippen molar-refractivity contribution in [3.05, 3.63) is 94.9 Å². The first-order valence-electron chi connectivity index (χ1n) is 16.6. The van der Waals surface area contributed by atoms with Gasteiger partial charge in [-0.05, 0) is 73.4 Å². The van der Waals surface area contributed by atoms with Crippen LogP contribution in [0.25, 0.3) is 22.3 Å². The highest BCUT2D eigenvalue weighted by Gasteiger charge is 2.34. The van der Waals surface area contributed by atoms with Crippen molar-refractivity contribution in [3.63, 3.8) is 0 Å². The number of carboxylic acids is 1. The first-order chi connectivity index (χ1) is 23.3. The molecule has 11 heteroatoms. The molecule has 3 N–H and O–H groups in total. The van der Waals surface area contributed by atoms with E-state index in [1.807, 2.05) is 30.3 Å². The molecule has 1 atom stereocenters. The zero-order chi connectivity index (χ0) is 34.9. The average Bonchev–Trinajstić information content (AvgIpc) is 3.74. The van der Waals surface area contributed by atoms with Gasteiger partial charge in [0.05, 0.1) is 11.0 Å². The molecule has 2 aromatic heterocycles. The fraction of sp³-hybridized carbons (Fsp3) is 0.368. The lowest BCUT2D eigenvalue weighted by Crippen LogP contribution is -2.36. The number of ether oxygens (including phenoxy) is 1. The van der Waals surface area contributed by atoms with Gasteiger partial charge in [-0.25, -0.2) is 8.78 Å². The third kappa shape index (κ3) is 7.21. The normalized spacial score (nSPS) is 18.7. The number of carboxylic acid groups (broad SMARTS) is 1. The molecule has 256 valence electrons. The highest BCUT2D eigenvalue weighted by atomic mass is 19.1. The Labute approximate surface area is 283 Å². The second-order valence-corrected chi connectivity index (χ2v) is 14.1. The van der Waals surface area contributed by atoms with Crippen LogP contribution in [0.5, 0.6) is 11.5 Å². The van der Waals surface area contributed by atoms with E-state index in [1.54, 1.807) is 18.1 Å². The van der Waals surface area contributed by atoms with Crippen LogP contribution >= 0.6 is 0 Å². The summed E-state index contributed by atoms with van der Waals surface area (Å²) in [6.45, 7) is 6.84. The third-order valence-electron chi connectivity index (χ3n) is 9.69. The van der Waals surface area contributed by atoms with Crippen LogP contribution < -0.4 is 4.74 Å². The molecule has 3 heterocycles. The number of hydrogen-bond acceptors (Lipinski definition) is 5. The number of hydrogen-bond donors (Lipinski definition) is 3. The lowest BCUT2D eigenvalue weighted by Gasteiger charge is -2.33. The molecule has 49 heavy (non-hydrogen) atoms. The van der Waals surface area contributed by atoms with Crippen LogP contribution in [0.1, 0.15) is 75.4 Å². The summed E-state index contributed by atoms with van der Waals surface area (Å²) >= 11 is 0. The molecule has 0 fully saturated rings.